The first-order valence-corrected chi connectivity index (χ1v) is 13.7. The van der Waals surface area contributed by atoms with Gasteiger partial charge in [-0.15, -0.1) is 0 Å². The van der Waals surface area contributed by atoms with Gasteiger partial charge in [-0.05, 0) is 62.9 Å². The maximum absolute atomic E-state index is 13.6. The SMILES string of the molecule is Cc1ccc(N(CC(=O)N(Cc2ccc(F)cc2)[C@H](C)C(=O)NC2CCCC2)S(C)(=O)=O)c(C)c1. The number of amides is 2. The van der Waals surface area contributed by atoms with Crippen molar-refractivity contribution in [3.63, 3.8) is 0 Å². The third-order valence-corrected chi connectivity index (χ3v) is 7.56. The summed E-state index contributed by atoms with van der Waals surface area (Å²) in [5.41, 5.74) is 2.75. The van der Waals surface area contributed by atoms with Gasteiger partial charge in [-0.2, -0.15) is 0 Å². The second-order valence-corrected chi connectivity index (χ2v) is 11.3. The van der Waals surface area contributed by atoms with Gasteiger partial charge in [0.1, 0.15) is 18.4 Å². The minimum Gasteiger partial charge on any atom is -0.352 e. The number of benzene rings is 2. The summed E-state index contributed by atoms with van der Waals surface area (Å²) in [6.07, 6.45) is 4.96. The van der Waals surface area contributed by atoms with Crippen molar-refractivity contribution in [2.75, 3.05) is 17.1 Å². The molecule has 2 amide bonds. The van der Waals surface area contributed by atoms with E-state index in [1.54, 1.807) is 38.1 Å². The quantitative estimate of drug-likeness (QED) is 0.566. The third-order valence-electron chi connectivity index (χ3n) is 6.44. The Morgan fingerprint density at radius 1 is 1.09 bits per heavy atom. The number of aryl methyl sites for hydroxylation is 2. The number of anilines is 1. The molecule has 1 fully saturated rings. The summed E-state index contributed by atoms with van der Waals surface area (Å²) in [4.78, 5) is 28.0. The van der Waals surface area contributed by atoms with Gasteiger partial charge in [0.15, 0.2) is 0 Å². The number of hydrogen-bond donors (Lipinski definition) is 1. The van der Waals surface area contributed by atoms with Crippen LogP contribution in [0.4, 0.5) is 10.1 Å². The lowest BCUT2D eigenvalue weighted by atomic mass is 10.1. The molecule has 1 aliphatic carbocycles. The first-order valence-electron chi connectivity index (χ1n) is 11.8. The average molecular weight is 504 g/mol. The van der Waals surface area contributed by atoms with E-state index in [4.69, 9.17) is 0 Å². The zero-order valence-corrected chi connectivity index (χ0v) is 21.6. The summed E-state index contributed by atoms with van der Waals surface area (Å²) in [5.74, 6) is -1.21. The number of carbonyl (C=O) groups excluding carboxylic acids is 2. The number of carbonyl (C=O) groups is 2. The predicted octanol–water partition coefficient (Wildman–Crippen LogP) is 3.68. The van der Waals surface area contributed by atoms with Crippen molar-refractivity contribution in [3.8, 4) is 0 Å². The number of sulfonamides is 1. The first kappa shape index (κ1) is 26.7. The predicted molar refractivity (Wildman–Crippen MR) is 135 cm³/mol. The number of rotatable bonds is 9. The van der Waals surface area contributed by atoms with Crippen molar-refractivity contribution in [2.24, 2.45) is 0 Å². The van der Waals surface area contributed by atoms with Crippen LogP contribution in [0.1, 0.15) is 49.3 Å². The molecule has 0 spiro atoms. The van der Waals surface area contributed by atoms with Crippen molar-refractivity contribution in [3.05, 3.63) is 65.0 Å². The van der Waals surface area contributed by atoms with Crippen LogP contribution >= 0.6 is 0 Å². The standard InChI is InChI=1S/C26H34FN3O4S/c1-18-9-14-24(19(2)15-18)30(35(4,33)34)17-25(31)29(16-21-10-12-22(27)13-11-21)20(3)26(32)28-23-7-5-6-8-23/h9-15,20,23H,5-8,16-17H2,1-4H3,(H,28,32)/t20-/m1/s1. The normalized spacial score (nSPS) is 15.0. The Bertz CT molecular complexity index is 1160. The smallest absolute Gasteiger partial charge is 0.244 e. The van der Waals surface area contributed by atoms with E-state index in [0.717, 1.165) is 47.4 Å². The number of nitrogens with zero attached hydrogens (tertiary/aromatic N) is 2. The molecule has 2 aromatic rings. The monoisotopic (exact) mass is 503 g/mol. The lowest BCUT2D eigenvalue weighted by Gasteiger charge is -2.32. The molecule has 0 aromatic heterocycles. The van der Waals surface area contributed by atoms with Gasteiger partial charge >= 0.3 is 0 Å². The molecule has 1 N–H and O–H groups in total. The topological polar surface area (TPSA) is 86.8 Å². The van der Waals surface area contributed by atoms with Crippen molar-refractivity contribution in [2.45, 2.75) is 65.1 Å². The molecular weight excluding hydrogens is 469 g/mol. The highest BCUT2D eigenvalue weighted by Crippen LogP contribution is 2.24. The van der Waals surface area contributed by atoms with Gasteiger partial charge in [0, 0.05) is 12.6 Å². The van der Waals surface area contributed by atoms with Crippen LogP contribution in [0, 0.1) is 19.7 Å². The fourth-order valence-electron chi connectivity index (χ4n) is 4.44. The van der Waals surface area contributed by atoms with Crippen molar-refractivity contribution in [1.29, 1.82) is 0 Å². The Morgan fingerprint density at radius 3 is 2.29 bits per heavy atom. The number of hydrogen-bond acceptors (Lipinski definition) is 4. The third kappa shape index (κ3) is 7.04. The van der Waals surface area contributed by atoms with Gasteiger partial charge in [-0.3, -0.25) is 13.9 Å². The van der Waals surface area contributed by atoms with Crippen LogP contribution in [0.5, 0.6) is 0 Å². The first-order chi connectivity index (χ1) is 16.5. The average Bonchev–Trinajstić information content (AvgIpc) is 3.29. The Balaban J connectivity index is 1.89. The zero-order chi connectivity index (χ0) is 25.8. The van der Waals surface area contributed by atoms with Crippen LogP contribution in [-0.2, 0) is 26.2 Å². The van der Waals surface area contributed by atoms with E-state index in [1.807, 2.05) is 13.0 Å². The maximum Gasteiger partial charge on any atom is 0.244 e. The fourth-order valence-corrected chi connectivity index (χ4v) is 5.35. The van der Waals surface area contributed by atoms with Crippen LogP contribution in [0.3, 0.4) is 0 Å². The van der Waals surface area contributed by atoms with Gasteiger partial charge in [-0.25, -0.2) is 12.8 Å². The Labute approximate surface area is 207 Å². The second-order valence-electron chi connectivity index (χ2n) is 9.37. The molecule has 1 aliphatic rings. The molecule has 0 bridgehead atoms. The summed E-state index contributed by atoms with van der Waals surface area (Å²) in [7, 11) is -3.79. The summed E-state index contributed by atoms with van der Waals surface area (Å²) in [5, 5.41) is 3.01. The Hall–Kier alpha value is -2.94. The fraction of sp³-hybridized carbons (Fsp3) is 0.462. The molecule has 1 atom stereocenters. The Morgan fingerprint density at radius 2 is 1.71 bits per heavy atom. The van der Waals surface area contributed by atoms with Crippen LogP contribution in [0.15, 0.2) is 42.5 Å². The summed E-state index contributed by atoms with van der Waals surface area (Å²) in [6, 6.07) is 10.2. The van der Waals surface area contributed by atoms with Crippen molar-refractivity contribution in [1.82, 2.24) is 10.2 Å². The molecule has 0 aliphatic heterocycles. The van der Waals surface area contributed by atoms with Gasteiger partial charge < -0.3 is 10.2 Å². The van der Waals surface area contributed by atoms with Gasteiger partial charge in [0.25, 0.3) is 0 Å². The molecule has 0 unspecified atom stereocenters. The zero-order valence-electron chi connectivity index (χ0n) is 20.8. The van der Waals surface area contributed by atoms with E-state index >= 15 is 0 Å². The molecule has 3 rings (SSSR count). The van der Waals surface area contributed by atoms with E-state index in [9.17, 15) is 22.4 Å². The summed E-state index contributed by atoms with van der Waals surface area (Å²) >= 11 is 0. The van der Waals surface area contributed by atoms with Crippen LogP contribution in [0.2, 0.25) is 0 Å². The Kier molecular flexibility index (Phi) is 8.53. The van der Waals surface area contributed by atoms with E-state index < -0.39 is 34.3 Å². The molecule has 0 radical (unpaired) electrons. The molecule has 9 heteroatoms. The van der Waals surface area contributed by atoms with E-state index in [2.05, 4.69) is 5.32 Å². The molecule has 7 nitrogen and oxygen atoms in total. The molecule has 35 heavy (non-hydrogen) atoms. The van der Waals surface area contributed by atoms with Gasteiger partial charge in [0.05, 0.1) is 11.9 Å². The number of halogens is 1. The minimum absolute atomic E-state index is 0.0445. The van der Waals surface area contributed by atoms with Crippen LogP contribution in [0.25, 0.3) is 0 Å². The molecule has 190 valence electrons. The van der Waals surface area contributed by atoms with Gasteiger partial charge in [0.2, 0.25) is 21.8 Å². The molecule has 1 saturated carbocycles. The van der Waals surface area contributed by atoms with Crippen LogP contribution < -0.4 is 9.62 Å². The highest BCUT2D eigenvalue weighted by atomic mass is 32.2. The summed E-state index contributed by atoms with van der Waals surface area (Å²) < 4.78 is 39.9. The molecule has 0 saturated heterocycles. The van der Waals surface area contributed by atoms with Crippen molar-refractivity contribution < 1.29 is 22.4 Å². The highest BCUT2D eigenvalue weighted by molar-refractivity contribution is 7.92. The molecular formula is C26H34FN3O4S. The van der Waals surface area contributed by atoms with E-state index in [-0.39, 0.29) is 18.5 Å². The van der Waals surface area contributed by atoms with Crippen LogP contribution in [-0.4, -0.2) is 50.0 Å². The summed E-state index contributed by atoms with van der Waals surface area (Å²) in [6.45, 7) is 4.92. The van der Waals surface area contributed by atoms with E-state index in [0.29, 0.717) is 11.3 Å². The largest absolute Gasteiger partial charge is 0.352 e. The second kappa shape index (κ2) is 11.2. The van der Waals surface area contributed by atoms with Gasteiger partial charge in [-0.1, -0.05) is 42.7 Å². The molecule has 0 heterocycles. The highest BCUT2D eigenvalue weighted by Gasteiger charge is 2.31. The van der Waals surface area contributed by atoms with Crippen molar-refractivity contribution >= 4 is 27.5 Å². The lowest BCUT2D eigenvalue weighted by molar-refractivity contribution is -0.139. The number of nitrogens with one attached hydrogen (secondary N) is 1. The maximum atomic E-state index is 13.6. The molecule has 2 aromatic carbocycles. The van der Waals surface area contributed by atoms with E-state index in [1.165, 1.54) is 17.0 Å². The lowest BCUT2D eigenvalue weighted by Crippen LogP contribution is -2.52. The minimum atomic E-state index is -3.79.